The van der Waals surface area contributed by atoms with Crippen molar-refractivity contribution in [3.8, 4) is 0 Å². The lowest BCUT2D eigenvalue weighted by Crippen LogP contribution is -2.38. The second kappa shape index (κ2) is 7.88. The highest BCUT2D eigenvalue weighted by Gasteiger charge is 2.23. The van der Waals surface area contributed by atoms with Gasteiger partial charge in [-0.1, -0.05) is 40.2 Å². The first-order valence-corrected chi connectivity index (χ1v) is 7.24. The van der Waals surface area contributed by atoms with Crippen molar-refractivity contribution in [1.82, 2.24) is 10.2 Å². The summed E-state index contributed by atoms with van der Waals surface area (Å²) in [5.74, 6) is 0.752. The lowest BCUT2D eigenvalue weighted by Gasteiger charge is -2.31. The van der Waals surface area contributed by atoms with Crippen LogP contribution in [-0.4, -0.2) is 37.1 Å². The summed E-state index contributed by atoms with van der Waals surface area (Å²) in [6.45, 7) is 15.3. The van der Waals surface area contributed by atoms with Crippen LogP contribution < -0.4 is 5.32 Å². The van der Waals surface area contributed by atoms with Crippen molar-refractivity contribution in [3.63, 3.8) is 0 Å². The van der Waals surface area contributed by atoms with Gasteiger partial charge in [0.1, 0.15) is 0 Å². The summed E-state index contributed by atoms with van der Waals surface area (Å²) in [5.41, 5.74) is 1.33. The molecule has 0 amide bonds. The molecule has 0 spiro atoms. The van der Waals surface area contributed by atoms with Gasteiger partial charge in [0.05, 0.1) is 0 Å². The highest BCUT2D eigenvalue weighted by molar-refractivity contribution is 5.01. The molecular weight excluding hydrogens is 208 g/mol. The largest absolute Gasteiger partial charge is 0.313 e. The zero-order valence-electron chi connectivity index (χ0n) is 12.0. The van der Waals surface area contributed by atoms with Crippen LogP contribution in [0, 0.1) is 5.92 Å². The van der Waals surface area contributed by atoms with Gasteiger partial charge >= 0.3 is 0 Å². The van der Waals surface area contributed by atoms with E-state index in [9.17, 15) is 0 Å². The lowest BCUT2D eigenvalue weighted by atomic mass is 10.1. The second-order valence-corrected chi connectivity index (χ2v) is 5.79. The molecule has 1 rings (SSSR count). The Balaban J connectivity index is 2.41. The average molecular weight is 238 g/mol. The zero-order valence-corrected chi connectivity index (χ0v) is 12.0. The van der Waals surface area contributed by atoms with E-state index in [1.54, 1.807) is 0 Å². The van der Waals surface area contributed by atoms with E-state index in [0.29, 0.717) is 0 Å². The summed E-state index contributed by atoms with van der Waals surface area (Å²) in [6, 6.07) is 0.816. The molecule has 1 saturated carbocycles. The average Bonchev–Trinajstić information content (AvgIpc) is 2.78. The third-order valence-corrected chi connectivity index (χ3v) is 3.49. The van der Waals surface area contributed by atoms with E-state index in [4.69, 9.17) is 0 Å². The summed E-state index contributed by atoms with van der Waals surface area (Å²) in [7, 11) is 0. The summed E-state index contributed by atoms with van der Waals surface area (Å²) >= 11 is 0. The molecule has 0 unspecified atom stereocenters. The summed E-state index contributed by atoms with van der Waals surface area (Å²) in [4.78, 5) is 2.66. The van der Waals surface area contributed by atoms with Gasteiger partial charge in [0.15, 0.2) is 0 Å². The van der Waals surface area contributed by atoms with Gasteiger partial charge in [-0.25, -0.2) is 0 Å². The highest BCUT2D eigenvalue weighted by Crippen LogP contribution is 2.24. The van der Waals surface area contributed by atoms with Crippen molar-refractivity contribution in [2.45, 2.75) is 52.5 Å². The van der Waals surface area contributed by atoms with Crippen LogP contribution in [0.1, 0.15) is 46.5 Å². The van der Waals surface area contributed by atoms with Crippen molar-refractivity contribution in [1.29, 1.82) is 0 Å². The van der Waals surface area contributed by atoms with Crippen LogP contribution in [0.2, 0.25) is 0 Å². The fourth-order valence-electron chi connectivity index (χ4n) is 2.73. The first kappa shape index (κ1) is 14.7. The van der Waals surface area contributed by atoms with Crippen molar-refractivity contribution in [2.24, 2.45) is 5.92 Å². The maximum absolute atomic E-state index is 4.21. The summed E-state index contributed by atoms with van der Waals surface area (Å²) < 4.78 is 0. The van der Waals surface area contributed by atoms with Gasteiger partial charge in [0.2, 0.25) is 0 Å². The van der Waals surface area contributed by atoms with E-state index >= 15 is 0 Å². The van der Waals surface area contributed by atoms with E-state index < -0.39 is 0 Å². The molecule has 1 aliphatic rings. The van der Waals surface area contributed by atoms with Crippen LogP contribution in [0.4, 0.5) is 0 Å². The molecule has 0 saturated heterocycles. The number of likely N-dealkylation sites (N-methyl/N-ethyl adjacent to an activating group) is 1. The monoisotopic (exact) mass is 238 g/mol. The topological polar surface area (TPSA) is 15.3 Å². The van der Waals surface area contributed by atoms with Crippen LogP contribution in [0.25, 0.3) is 0 Å². The predicted molar refractivity (Wildman–Crippen MR) is 76.4 cm³/mol. The SMILES string of the molecule is C=C(CNCC)CN(CC(C)C)C1CCCC1. The van der Waals surface area contributed by atoms with Crippen LogP contribution >= 0.6 is 0 Å². The van der Waals surface area contributed by atoms with Gasteiger partial charge < -0.3 is 5.32 Å². The Morgan fingerprint density at radius 2 is 2.00 bits per heavy atom. The fourth-order valence-corrected chi connectivity index (χ4v) is 2.73. The molecule has 1 aliphatic carbocycles. The van der Waals surface area contributed by atoms with Gasteiger partial charge in [-0.3, -0.25) is 4.90 Å². The van der Waals surface area contributed by atoms with E-state index in [-0.39, 0.29) is 0 Å². The Morgan fingerprint density at radius 3 is 2.53 bits per heavy atom. The van der Waals surface area contributed by atoms with E-state index in [0.717, 1.165) is 31.6 Å². The van der Waals surface area contributed by atoms with Gasteiger partial charge in [0, 0.05) is 25.7 Å². The number of nitrogens with one attached hydrogen (secondary N) is 1. The number of hydrogen-bond acceptors (Lipinski definition) is 2. The molecule has 0 heterocycles. The van der Waals surface area contributed by atoms with Gasteiger partial charge in [-0.05, 0) is 30.9 Å². The quantitative estimate of drug-likeness (QED) is 0.654. The Labute approximate surface area is 107 Å². The maximum atomic E-state index is 4.21. The fraction of sp³-hybridized carbons (Fsp3) is 0.867. The molecule has 0 aliphatic heterocycles. The molecule has 1 N–H and O–H groups in total. The minimum Gasteiger partial charge on any atom is -0.313 e. The normalized spacial score (nSPS) is 17.2. The molecular formula is C15H30N2. The molecule has 2 nitrogen and oxygen atoms in total. The Morgan fingerprint density at radius 1 is 1.35 bits per heavy atom. The molecule has 0 radical (unpaired) electrons. The Hall–Kier alpha value is -0.340. The van der Waals surface area contributed by atoms with Crippen molar-refractivity contribution in [2.75, 3.05) is 26.2 Å². The van der Waals surface area contributed by atoms with Gasteiger partial charge in [-0.15, -0.1) is 0 Å². The van der Waals surface area contributed by atoms with Crippen molar-refractivity contribution < 1.29 is 0 Å². The summed E-state index contributed by atoms with van der Waals surface area (Å²) in [6.07, 6.45) is 5.61. The van der Waals surface area contributed by atoms with Crippen LogP contribution in [0.5, 0.6) is 0 Å². The standard InChI is InChI=1S/C15H30N2/c1-5-16-10-14(4)12-17(11-13(2)3)15-8-6-7-9-15/h13,15-16H,4-12H2,1-3H3. The molecule has 0 aromatic heterocycles. The van der Waals surface area contributed by atoms with Crippen LogP contribution in [-0.2, 0) is 0 Å². The second-order valence-electron chi connectivity index (χ2n) is 5.79. The van der Waals surface area contributed by atoms with E-state index in [2.05, 4.69) is 37.6 Å². The molecule has 0 atom stereocenters. The molecule has 0 aromatic rings. The van der Waals surface area contributed by atoms with Crippen LogP contribution in [0.15, 0.2) is 12.2 Å². The van der Waals surface area contributed by atoms with Gasteiger partial charge in [-0.2, -0.15) is 0 Å². The number of hydrogen-bond donors (Lipinski definition) is 1. The van der Waals surface area contributed by atoms with Crippen molar-refractivity contribution >= 4 is 0 Å². The van der Waals surface area contributed by atoms with E-state index in [1.807, 2.05) is 0 Å². The predicted octanol–water partition coefficient (Wildman–Crippen LogP) is 3.05. The van der Waals surface area contributed by atoms with Crippen LogP contribution in [0.3, 0.4) is 0 Å². The molecule has 2 heteroatoms. The first-order chi connectivity index (χ1) is 8.13. The zero-order chi connectivity index (χ0) is 12.7. The molecule has 0 bridgehead atoms. The minimum atomic E-state index is 0.752. The number of nitrogens with zero attached hydrogens (tertiary/aromatic N) is 1. The number of rotatable bonds is 8. The third kappa shape index (κ3) is 5.69. The minimum absolute atomic E-state index is 0.752. The molecule has 17 heavy (non-hydrogen) atoms. The Bertz CT molecular complexity index is 217. The smallest absolute Gasteiger partial charge is 0.0205 e. The molecule has 0 aromatic carbocycles. The maximum Gasteiger partial charge on any atom is 0.0205 e. The van der Waals surface area contributed by atoms with Crippen molar-refractivity contribution in [3.05, 3.63) is 12.2 Å². The summed E-state index contributed by atoms with van der Waals surface area (Å²) in [5, 5.41) is 3.37. The highest BCUT2D eigenvalue weighted by atomic mass is 15.2. The third-order valence-electron chi connectivity index (χ3n) is 3.49. The molecule has 1 fully saturated rings. The van der Waals surface area contributed by atoms with E-state index in [1.165, 1.54) is 37.8 Å². The Kier molecular flexibility index (Phi) is 6.83. The molecule has 100 valence electrons. The van der Waals surface area contributed by atoms with Gasteiger partial charge in [0.25, 0.3) is 0 Å². The lowest BCUT2D eigenvalue weighted by molar-refractivity contribution is 0.191. The first-order valence-electron chi connectivity index (χ1n) is 7.24.